The summed E-state index contributed by atoms with van der Waals surface area (Å²) in [6.07, 6.45) is -4.70. The van der Waals surface area contributed by atoms with Crippen LogP contribution >= 0.6 is 23.3 Å². The molecule has 0 saturated carbocycles. The first-order chi connectivity index (χ1) is 11.2. The maximum Gasteiger partial charge on any atom is 0.417 e. The second-order valence-electron chi connectivity index (χ2n) is 4.69. The molecular weight excluding hydrogens is 387 g/mol. The highest BCUT2D eigenvalue weighted by Gasteiger charge is 2.33. The van der Waals surface area contributed by atoms with Crippen molar-refractivity contribution in [1.82, 2.24) is 8.75 Å². The van der Waals surface area contributed by atoms with Crippen LogP contribution in [0.1, 0.15) is 5.56 Å². The van der Waals surface area contributed by atoms with E-state index in [1.54, 1.807) is 6.07 Å². The smallest absolute Gasteiger partial charge is 0.280 e. The minimum Gasteiger partial charge on any atom is -0.280 e. The summed E-state index contributed by atoms with van der Waals surface area (Å²) in [5.41, 5.74) is -0.847. The fraction of sp³-hybridized carbons (Fsp3) is 0.0769. The summed E-state index contributed by atoms with van der Waals surface area (Å²) >= 11 is 6.36. The second kappa shape index (κ2) is 5.87. The average Bonchev–Trinajstić information content (AvgIpc) is 2.96. The fourth-order valence-corrected chi connectivity index (χ4v) is 4.06. The Morgan fingerprint density at radius 3 is 2.58 bits per heavy atom. The maximum absolute atomic E-state index is 12.9. The molecule has 1 N–H and O–H groups in total. The van der Waals surface area contributed by atoms with Gasteiger partial charge < -0.3 is 0 Å². The van der Waals surface area contributed by atoms with E-state index < -0.39 is 26.8 Å². The van der Waals surface area contributed by atoms with Crippen LogP contribution in [-0.4, -0.2) is 17.2 Å². The summed E-state index contributed by atoms with van der Waals surface area (Å²) in [7, 11) is -4.14. The van der Waals surface area contributed by atoms with E-state index in [9.17, 15) is 21.6 Å². The third-order valence-corrected chi connectivity index (χ3v) is 5.35. The van der Waals surface area contributed by atoms with E-state index in [4.69, 9.17) is 11.6 Å². The number of sulfonamides is 1. The first kappa shape index (κ1) is 16.9. The number of fused-ring (bicyclic) bond motifs is 1. The van der Waals surface area contributed by atoms with Gasteiger partial charge in [0, 0.05) is 5.69 Å². The van der Waals surface area contributed by atoms with Crippen LogP contribution in [0.4, 0.5) is 18.9 Å². The molecule has 1 aromatic heterocycles. The van der Waals surface area contributed by atoms with Gasteiger partial charge >= 0.3 is 6.18 Å². The van der Waals surface area contributed by atoms with Crippen molar-refractivity contribution in [2.75, 3.05) is 4.72 Å². The fourth-order valence-electron chi connectivity index (χ4n) is 2.01. The Kier molecular flexibility index (Phi) is 4.14. The topological polar surface area (TPSA) is 72.0 Å². The van der Waals surface area contributed by atoms with Gasteiger partial charge in [-0.15, -0.1) is 0 Å². The first-order valence-corrected chi connectivity index (χ1v) is 8.88. The van der Waals surface area contributed by atoms with Gasteiger partial charge in [-0.2, -0.15) is 21.9 Å². The van der Waals surface area contributed by atoms with Crippen LogP contribution in [0.25, 0.3) is 11.0 Å². The monoisotopic (exact) mass is 393 g/mol. The molecule has 0 bridgehead atoms. The van der Waals surface area contributed by atoms with Crippen LogP contribution in [0, 0.1) is 0 Å². The molecule has 126 valence electrons. The number of anilines is 1. The van der Waals surface area contributed by atoms with E-state index in [0.29, 0.717) is 11.6 Å². The van der Waals surface area contributed by atoms with Gasteiger partial charge in [0.2, 0.25) is 0 Å². The highest BCUT2D eigenvalue weighted by molar-refractivity contribution is 7.93. The molecule has 0 aliphatic heterocycles. The van der Waals surface area contributed by atoms with Crippen LogP contribution < -0.4 is 4.72 Å². The third kappa shape index (κ3) is 3.17. The molecule has 0 amide bonds. The standard InChI is InChI=1S/C13H7ClF3N3O2S2/c14-9-5-4-7(6-8(9)13(15,16)17)20-24(21,22)11-3-1-2-10-12(11)19-23-18-10/h1-6,20H. The number of nitrogens with zero attached hydrogens (tertiary/aromatic N) is 2. The van der Waals surface area contributed by atoms with Crippen molar-refractivity contribution in [3.63, 3.8) is 0 Å². The minimum absolute atomic E-state index is 0.153. The lowest BCUT2D eigenvalue weighted by Gasteiger charge is -2.13. The number of alkyl halides is 3. The Hall–Kier alpha value is -1.91. The highest BCUT2D eigenvalue weighted by atomic mass is 35.5. The lowest BCUT2D eigenvalue weighted by molar-refractivity contribution is -0.137. The van der Waals surface area contributed by atoms with Crippen molar-refractivity contribution in [2.24, 2.45) is 0 Å². The molecule has 3 rings (SSSR count). The van der Waals surface area contributed by atoms with E-state index in [1.807, 2.05) is 0 Å². The van der Waals surface area contributed by atoms with E-state index in [2.05, 4.69) is 13.5 Å². The van der Waals surface area contributed by atoms with E-state index >= 15 is 0 Å². The van der Waals surface area contributed by atoms with Crippen molar-refractivity contribution in [1.29, 1.82) is 0 Å². The predicted molar refractivity (Wildman–Crippen MR) is 84.7 cm³/mol. The van der Waals surface area contributed by atoms with Gasteiger partial charge in [0.05, 0.1) is 22.3 Å². The van der Waals surface area contributed by atoms with E-state index in [1.165, 1.54) is 12.1 Å². The summed E-state index contributed by atoms with van der Waals surface area (Å²) in [6.45, 7) is 0. The van der Waals surface area contributed by atoms with Crippen LogP contribution in [0.5, 0.6) is 0 Å². The number of nitrogens with one attached hydrogen (secondary N) is 1. The van der Waals surface area contributed by atoms with Crippen LogP contribution in [0.2, 0.25) is 5.02 Å². The van der Waals surface area contributed by atoms with Gasteiger partial charge in [0.15, 0.2) is 0 Å². The molecule has 0 aliphatic carbocycles. The predicted octanol–water partition coefficient (Wildman–Crippen LogP) is 4.16. The molecule has 0 radical (unpaired) electrons. The summed E-state index contributed by atoms with van der Waals surface area (Å²) in [6, 6.07) is 7.12. The maximum atomic E-state index is 12.9. The van der Waals surface area contributed by atoms with Crippen molar-refractivity contribution in [3.05, 3.63) is 47.0 Å². The molecule has 0 atom stereocenters. The third-order valence-electron chi connectivity index (χ3n) is 3.06. The number of hydrogen-bond acceptors (Lipinski definition) is 5. The average molecular weight is 394 g/mol. The lowest BCUT2D eigenvalue weighted by atomic mass is 10.2. The lowest BCUT2D eigenvalue weighted by Crippen LogP contribution is -2.14. The number of hydrogen-bond donors (Lipinski definition) is 1. The molecule has 11 heteroatoms. The molecule has 0 unspecified atom stereocenters. The van der Waals surface area contributed by atoms with Gasteiger partial charge in [-0.1, -0.05) is 17.7 Å². The summed E-state index contributed by atoms with van der Waals surface area (Å²) < 4.78 is 73.5. The van der Waals surface area contributed by atoms with Gasteiger partial charge in [0.25, 0.3) is 10.0 Å². The molecule has 5 nitrogen and oxygen atoms in total. The Morgan fingerprint density at radius 2 is 1.88 bits per heavy atom. The zero-order valence-electron chi connectivity index (χ0n) is 11.5. The molecule has 0 fully saturated rings. The van der Waals surface area contributed by atoms with Gasteiger partial charge in [-0.3, -0.25) is 4.72 Å². The number of aromatic nitrogens is 2. The SMILES string of the molecule is O=S(=O)(Nc1ccc(Cl)c(C(F)(F)F)c1)c1cccc2nsnc12. The second-order valence-corrected chi connectivity index (χ2v) is 7.27. The molecule has 24 heavy (non-hydrogen) atoms. The Morgan fingerprint density at radius 1 is 1.12 bits per heavy atom. The Labute approximate surface area is 143 Å². The van der Waals surface area contributed by atoms with Crippen LogP contribution in [0.15, 0.2) is 41.3 Å². The Balaban J connectivity index is 2.03. The molecule has 2 aromatic carbocycles. The zero-order chi connectivity index (χ0) is 17.5. The molecule has 3 aromatic rings. The molecule has 0 aliphatic rings. The van der Waals surface area contributed by atoms with Crippen molar-refractivity contribution >= 4 is 50.1 Å². The minimum atomic E-state index is -4.70. The first-order valence-electron chi connectivity index (χ1n) is 6.29. The molecule has 0 saturated heterocycles. The Bertz CT molecular complexity index is 1020. The zero-order valence-corrected chi connectivity index (χ0v) is 13.9. The van der Waals surface area contributed by atoms with Crippen molar-refractivity contribution < 1.29 is 21.6 Å². The quantitative estimate of drug-likeness (QED) is 0.725. The molecule has 1 heterocycles. The number of halogens is 4. The van der Waals surface area contributed by atoms with Crippen LogP contribution in [0.3, 0.4) is 0 Å². The van der Waals surface area contributed by atoms with E-state index in [0.717, 1.165) is 23.9 Å². The van der Waals surface area contributed by atoms with Gasteiger partial charge in [-0.25, -0.2) is 8.42 Å². The van der Waals surface area contributed by atoms with Crippen molar-refractivity contribution in [3.8, 4) is 0 Å². The highest BCUT2D eigenvalue weighted by Crippen LogP contribution is 2.36. The number of benzene rings is 2. The van der Waals surface area contributed by atoms with Gasteiger partial charge in [-0.05, 0) is 30.3 Å². The summed E-state index contributed by atoms with van der Waals surface area (Å²) in [4.78, 5) is -0.169. The van der Waals surface area contributed by atoms with Crippen LogP contribution in [-0.2, 0) is 16.2 Å². The number of rotatable bonds is 3. The summed E-state index contributed by atoms with van der Waals surface area (Å²) in [5, 5.41) is -0.517. The van der Waals surface area contributed by atoms with Gasteiger partial charge in [0.1, 0.15) is 15.9 Å². The molecule has 0 spiro atoms. The summed E-state index contributed by atoms with van der Waals surface area (Å²) in [5.74, 6) is 0. The van der Waals surface area contributed by atoms with E-state index in [-0.39, 0.29) is 16.1 Å². The molecular formula is C13H7ClF3N3O2S2. The van der Waals surface area contributed by atoms with Crippen molar-refractivity contribution in [2.45, 2.75) is 11.1 Å². The normalized spacial score (nSPS) is 12.5. The largest absolute Gasteiger partial charge is 0.417 e.